The molecule has 0 fully saturated rings. The molecule has 2 rings (SSSR count). The average Bonchev–Trinajstić information content (AvgIpc) is 2.37. The minimum atomic E-state index is -0.122. The van der Waals surface area contributed by atoms with Crippen LogP contribution in [-0.4, -0.2) is 24.1 Å². The SMILES string of the molecule is Cc1nc(C)c(C(C)Nc2ccccc2N(C)C)c(=O)[nH]1. The van der Waals surface area contributed by atoms with Crippen molar-refractivity contribution in [3.63, 3.8) is 0 Å². The van der Waals surface area contributed by atoms with E-state index >= 15 is 0 Å². The van der Waals surface area contributed by atoms with Crippen molar-refractivity contribution in [2.24, 2.45) is 0 Å². The van der Waals surface area contributed by atoms with Crippen LogP contribution in [0, 0.1) is 13.8 Å². The third-order valence-electron chi connectivity index (χ3n) is 3.46. The van der Waals surface area contributed by atoms with Gasteiger partial charge in [0.25, 0.3) is 5.56 Å². The van der Waals surface area contributed by atoms with Gasteiger partial charge in [0.2, 0.25) is 0 Å². The smallest absolute Gasteiger partial charge is 0.256 e. The largest absolute Gasteiger partial charge is 0.377 e. The summed E-state index contributed by atoms with van der Waals surface area (Å²) >= 11 is 0. The quantitative estimate of drug-likeness (QED) is 0.907. The molecule has 2 N–H and O–H groups in total. The van der Waals surface area contributed by atoms with Crippen LogP contribution in [0.15, 0.2) is 29.1 Å². The summed E-state index contributed by atoms with van der Waals surface area (Å²) in [7, 11) is 3.99. The molecule has 0 aliphatic heterocycles. The number of hydrogen-bond acceptors (Lipinski definition) is 4. The lowest BCUT2D eigenvalue weighted by Gasteiger charge is -2.22. The zero-order chi connectivity index (χ0) is 15.6. The number of H-pyrrole nitrogens is 1. The predicted octanol–water partition coefficient (Wildman–Crippen LogP) is 2.63. The Hall–Kier alpha value is -2.30. The number of nitrogens with one attached hydrogen (secondary N) is 2. The van der Waals surface area contributed by atoms with E-state index in [1.807, 2.05) is 57.1 Å². The molecule has 5 nitrogen and oxygen atoms in total. The first-order chi connectivity index (χ1) is 9.90. The molecule has 1 aromatic carbocycles. The van der Waals surface area contributed by atoms with Crippen LogP contribution in [0.4, 0.5) is 11.4 Å². The number of aromatic nitrogens is 2. The molecule has 1 aromatic heterocycles. The number of aryl methyl sites for hydroxylation is 2. The second kappa shape index (κ2) is 5.99. The van der Waals surface area contributed by atoms with Gasteiger partial charge in [-0.05, 0) is 32.9 Å². The molecule has 0 amide bonds. The van der Waals surface area contributed by atoms with Gasteiger partial charge in [-0.15, -0.1) is 0 Å². The van der Waals surface area contributed by atoms with Crippen LogP contribution in [0.5, 0.6) is 0 Å². The van der Waals surface area contributed by atoms with Crippen molar-refractivity contribution >= 4 is 11.4 Å². The van der Waals surface area contributed by atoms with E-state index in [1.54, 1.807) is 6.92 Å². The molecule has 0 aliphatic rings. The molecule has 1 unspecified atom stereocenters. The molecule has 0 bridgehead atoms. The van der Waals surface area contributed by atoms with Gasteiger partial charge in [-0.25, -0.2) is 4.98 Å². The highest BCUT2D eigenvalue weighted by molar-refractivity contribution is 5.69. The number of nitrogens with zero attached hydrogens (tertiary/aromatic N) is 2. The molecule has 0 aliphatic carbocycles. The van der Waals surface area contributed by atoms with Gasteiger partial charge in [-0.1, -0.05) is 12.1 Å². The minimum Gasteiger partial charge on any atom is -0.377 e. The fraction of sp³-hybridized carbons (Fsp3) is 0.375. The van der Waals surface area contributed by atoms with Gasteiger partial charge in [0.1, 0.15) is 5.82 Å². The van der Waals surface area contributed by atoms with E-state index in [4.69, 9.17) is 0 Å². The van der Waals surface area contributed by atoms with Crippen LogP contribution >= 0.6 is 0 Å². The monoisotopic (exact) mass is 286 g/mol. The van der Waals surface area contributed by atoms with Crippen LogP contribution < -0.4 is 15.8 Å². The molecular formula is C16H22N4O. The van der Waals surface area contributed by atoms with Crippen LogP contribution in [-0.2, 0) is 0 Å². The highest BCUT2D eigenvalue weighted by atomic mass is 16.1. The van der Waals surface area contributed by atoms with E-state index in [2.05, 4.69) is 15.3 Å². The summed E-state index contributed by atoms with van der Waals surface area (Å²) in [5.74, 6) is 0.641. The van der Waals surface area contributed by atoms with E-state index in [0.717, 1.165) is 17.1 Å². The number of benzene rings is 1. The highest BCUT2D eigenvalue weighted by Gasteiger charge is 2.16. The fourth-order valence-electron chi connectivity index (χ4n) is 2.54. The van der Waals surface area contributed by atoms with Crippen molar-refractivity contribution in [3.8, 4) is 0 Å². The van der Waals surface area contributed by atoms with Crippen molar-refractivity contribution < 1.29 is 0 Å². The highest BCUT2D eigenvalue weighted by Crippen LogP contribution is 2.27. The first-order valence-corrected chi connectivity index (χ1v) is 7.00. The Labute approximate surface area is 125 Å². The predicted molar refractivity (Wildman–Crippen MR) is 87.1 cm³/mol. The maximum Gasteiger partial charge on any atom is 0.256 e. The number of aromatic amines is 1. The number of anilines is 2. The van der Waals surface area contributed by atoms with Crippen LogP contribution in [0.2, 0.25) is 0 Å². The number of para-hydroxylation sites is 2. The van der Waals surface area contributed by atoms with Gasteiger partial charge >= 0.3 is 0 Å². The van der Waals surface area contributed by atoms with Gasteiger partial charge in [0, 0.05) is 14.1 Å². The van der Waals surface area contributed by atoms with Crippen LogP contribution in [0.1, 0.15) is 30.0 Å². The molecule has 0 radical (unpaired) electrons. The molecule has 1 atom stereocenters. The summed E-state index contributed by atoms with van der Waals surface area (Å²) in [4.78, 5) is 21.3. The Morgan fingerprint density at radius 1 is 1.24 bits per heavy atom. The second-order valence-corrected chi connectivity index (χ2v) is 5.43. The van der Waals surface area contributed by atoms with Gasteiger partial charge in [0.15, 0.2) is 0 Å². The lowest BCUT2D eigenvalue weighted by Crippen LogP contribution is -2.24. The molecule has 2 aromatic rings. The molecule has 112 valence electrons. The van der Waals surface area contributed by atoms with Crippen molar-refractivity contribution in [2.75, 3.05) is 24.3 Å². The zero-order valence-corrected chi connectivity index (χ0v) is 13.2. The third-order valence-corrected chi connectivity index (χ3v) is 3.46. The van der Waals surface area contributed by atoms with Crippen LogP contribution in [0.3, 0.4) is 0 Å². The molecule has 21 heavy (non-hydrogen) atoms. The first kappa shape index (κ1) is 15.1. The van der Waals surface area contributed by atoms with Crippen molar-refractivity contribution in [1.29, 1.82) is 0 Å². The Morgan fingerprint density at radius 3 is 2.52 bits per heavy atom. The summed E-state index contributed by atoms with van der Waals surface area (Å²) in [5.41, 5.74) is 3.43. The zero-order valence-electron chi connectivity index (χ0n) is 13.2. The van der Waals surface area contributed by atoms with E-state index < -0.39 is 0 Å². The van der Waals surface area contributed by atoms with Gasteiger partial charge in [0.05, 0.1) is 28.7 Å². The van der Waals surface area contributed by atoms with Gasteiger partial charge in [-0.3, -0.25) is 4.79 Å². The molecular weight excluding hydrogens is 264 g/mol. The Morgan fingerprint density at radius 2 is 1.90 bits per heavy atom. The third kappa shape index (κ3) is 3.24. The topological polar surface area (TPSA) is 61.0 Å². The fourth-order valence-corrected chi connectivity index (χ4v) is 2.54. The van der Waals surface area contributed by atoms with E-state index in [9.17, 15) is 4.79 Å². The number of hydrogen-bond donors (Lipinski definition) is 2. The molecule has 0 saturated heterocycles. The van der Waals surface area contributed by atoms with E-state index in [0.29, 0.717) is 11.4 Å². The molecule has 1 heterocycles. The van der Waals surface area contributed by atoms with Crippen molar-refractivity contribution in [1.82, 2.24) is 9.97 Å². The Kier molecular flexibility index (Phi) is 4.31. The summed E-state index contributed by atoms with van der Waals surface area (Å²) in [5, 5.41) is 3.41. The van der Waals surface area contributed by atoms with Crippen LogP contribution in [0.25, 0.3) is 0 Å². The lowest BCUT2D eigenvalue weighted by atomic mass is 10.1. The lowest BCUT2D eigenvalue weighted by molar-refractivity contribution is 0.813. The Bertz CT molecular complexity index is 691. The first-order valence-electron chi connectivity index (χ1n) is 7.00. The van der Waals surface area contributed by atoms with Crippen molar-refractivity contribution in [2.45, 2.75) is 26.8 Å². The number of rotatable bonds is 4. The summed E-state index contributed by atoms with van der Waals surface area (Å²) in [6.07, 6.45) is 0. The molecule has 5 heteroatoms. The maximum atomic E-state index is 12.2. The molecule has 0 saturated carbocycles. The second-order valence-electron chi connectivity index (χ2n) is 5.43. The maximum absolute atomic E-state index is 12.2. The minimum absolute atomic E-state index is 0.0812. The molecule has 0 spiro atoms. The average molecular weight is 286 g/mol. The van der Waals surface area contributed by atoms with Gasteiger partial charge in [-0.2, -0.15) is 0 Å². The summed E-state index contributed by atoms with van der Waals surface area (Å²) < 4.78 is 0. The summed E-state index contributed by atoms with van der Waals surface area (Å²) in [6.45, 7) is 5.63. The Balaban J connectivity index is 2.35. The van der Waals surface area contributed by atoms with Gasteiger partial charge < -0.3 is 15.2 Å². The standard InChI is InChI=1S/C16H22N4O/c1-10-15(16(21)19-12(3)17-10)11(2)18-13-8-6-7-9-14(13)20(4)5/h6-9,11,18H,1-5H3,(H,17,19,21). The van der Waals surface area contributed by atoms with E-state index in [-0.39, 0.29) is 11.6 Å². The van der Waals surface area contributed by atoms with E-state index in [1.165, 1.54) is 0 Å². The summed E-state index contributed by atoms with van der Waals surface area (Å²) in [6, 6.07) is 7.91. The van der Waals surface area contributed by atoms with Crippen molar-refractivity contribution in [3.05, 3.63) is 51.7 Å². The normalized spacial score (nSPS) is 12.0.